The average Bonchev–Trinajstić information content (AvgIpc) is 2.20. The molecule has 14 heavy (non-hydrogen) atoms. The van der Waals surface area contributed by atoms with Crippen molar-refractivity contribution in [3.63, 3.8) is 0 Å². The standard InChI is InChI=1S/C12H16N2/c1-10(2)11(8-13)9-14-12-6-4-3-5-7-12/h3-10H,13H2,1-2H3/b11-8+,14-9?. The average molecular weight is 188 g/mol. The van der Waals surface area contributed by atoms with Crippen LogP contribution in [0.3, 0.4) is 0 Å². The van der Waals surface area contributed by atoms with Crippen LogP contribution in [0.1, 0.15) is 13.8 Å². The maximum atomic E-state index is 5.48. The Hall–Kier alpha value is -1.57. The molecule has 1 rings (SSSR count). The first-order chi connectivity index (χ1) is 6.74. The highest BCUT2D eigenvalue weighted by molar-refractivity contribution is 5.81. The fourth-order valence-corrected chi connectivity index (χ4v) is 1.05. The number of para-hydroxylation sites is 1. The van der Waals surface area contributed by atoms with Crippen LogP contribution in [0.15, 0.2) is 47.1 Å². The van der Waals surface area contributed by atoms with Crippen LogP contribution in [0.5, 0.6) is 0 Å². The van der Waals surface area contributed by atoms with Crippen LogP contribution in [0.2, 0.25) is 0 Å². The third-order valence-electron chi connectivity index (χ3n) is 1.98. The highest BCUT2D eigenvalue weighted by Gasteiger charge is 1.97. The summed E-state index contributed by atoms with van der Waals surface area (Å²) < 4.78 is 0. The van der Waals surface area contributed by atoms with E-state index in [1.165, 1.54) is 0 Å². The quantitative estimate of drug-likeness (QED) is 0.728. The van der Waals surface area contributed by atoms with Crippen LogP contribution >= 0.6 is 0 Å². The number of hydrogen-bond donors (Lipinski definition) is 1. The van der Waals surface area contributed by atoms with Gasteiger partial charge in [0.05, 0.1) is 5.69 Å². The van der Waals surface area contributed by atoms with Gasteiger partial charge in [0, 0.05) is 6.21 Å². The molecule has 0 aliphatic rings. The fraction of sp³-hybridized carbons (Fsp3) is 0.250. The molecule has 1 aromatic carbocycles. The molecule has 0 unspecified atom stereocenters. The first-order valence-corrected chi connectivity index (χ1v) is 4.75. The Balaban J connectivity index is 2.73. The van der Waals surface area contributed by atoms with Gasteiger partial charge in [-0.1, -0.05) is 32.0 Å². The second kappa shape index (κ2) is 5.22. The van der Waals surface area contributed by atoms with Crippen molar-refractivity contribution < 1.29 is 0 Å². The van der Waals surface area contributed by atoms with E-state index >= 15 is 0 Å². The molecule has 0 saturated carbocycles. The Bertz CT molecular complexity index is 323. The molecule has 2 nitrogen and oxygen atoms in total. The van der Waals surface area contributed by atoms with Gasteiger partial charge in [-0.25, -0.2) is 0 Å². The van der Waals surface area contributed by atoms with Gasteiger partial charge < -0.3 is 5.73 Å². The van der Waals surface area contributed by atoms with Crippen molar-refractivity contribution in [1.82, 2.24) is 0 Å². The summed E-state index contributed by atoms with van der Waals surface area (Å²) in [5.41, 5.74) is 7.49. The number of nitrogens with two attached hydrogens (primary N) is 1. The monoisotopic (exact) mass is 188 g/mol. The molecule has 0 spiro atoms. The summed E-state index contributed by atoms with van der Waals surface area (Å²) in [7, 11) is 0. The van der Waals surface area contributed by atoms with Gasteiger partial charge >= 0.3 is 0 Å². The highest BCUT2D eigenvalue weighted by atomic mass is 14.7. The van der Waals surface area contributed by atoms with E-state index in [1.807, 2.05) is 36.5 Å². The zero-order valence-corrected chi connectivity index (χ0v) is 8.64. The lowest BCUT2D eigenvalue weighted by atomic mass is 10.1. The SMILES string of the molecule is CC(C)/C(C=Nc1ccccc1)=C/N. The zero-order chi connectivity index (χ0) is 10.4. The van der Waals surface area contributed by atoms with Gasteiger partial charge in [0.1, 0.15) is 0 Å². The fourth-order valence-electron chi connectivity index (χ4n) is 1.05. The maximum absolute atomic E-state index is 5.48. The number of aliphatic imine (C=N–C) groups is 1. The molecule has 0 aliphatic heterocycles. The topological polar surface area (TPSA) is 38.4 Å². The van der Waals surface area contributed by atoms with Crippen molar-refractivity contribution in [3.8, 4) is 0 Å². The van der Waals surface area contributed by atoms with Crippen LogP contribution in [-0.4, -0.2) is 6.21 Å². The predicted octanol–water partition coefficient (Wildman–Crippen LogP) is 2.89. The molecular weight excluding hydrogens is 172 g/mol. The molecule has 2 heteroatoms. The largest absolute Gasteiger partial charge is 0.404 e. The van der Waals surface area contributed by atoms with E-state index in [0.717, 1.165) is 11.3 Å². The van der Waals surface area contributed by atoms with E-state index in [0.29, 0.717) is 5.92 Å². The molecule has 0 amide bonds. The third-order valence-corrected chi connectivity index (χ3v) is 1.98. The summed E-state index contributed by atoms with van der Waals surface area (Å²) in [6.07, 6.45) is 3.43. The molecule has 0 bridgehead atoms. The minimum atomic E-state index is 0.410. The van der Waals surface area contributed by atoms with Crippen molar-refractivity contribution in [3.05, 3.63) is 42.1 Å². The van der Waals surface area contributed by atoms with Gasteiger partial charge in [0.15, 0.2) is 0 Å². The van der Waals surface area contributed by atoms with E-state index in [4.69, 9.17) is 5.73 Å². The molecule has 74 valence electrons. The number of hydrogen-bond acceptors (Lipinski definition) is 2. The maximum Gasteiger partial charge on any atom is 0.0629 e. The lowest BCUT2D eigenvalue weighted by molar-refractivity contribution is 0.803. The lowest BCUT2D eigenvalue weighted by Crippen LogP contribution is -1.98. The third kappa shape index (κ3) is 3.05. The molecule has 0 fully saturated rings. The van der Waals surface area contributed by atoms with Crippen molar-refractivity contribution >= 4 is 11.9 Å². The van der Waals surface area contributed by atoms with Crippen LogP contribution in [0, 0.1) is 5.92 Å². The minimum Gasteiger partial charge on any atom is -0.404 e. The van der Waals surface area contributed by atoms with Gasteiger partial charge in [-0.15, -0.1) is 0 Å². The first-order valence-electron chi connectivity index (χ1n) is 4.75. The highest BCUT2D eigenvalue weighted by Crippen LogP contribution is 2.11. The van der Waals surface area contributed by atoms with Gasteiger partial charge in [0.2, 0.25) is 0 Å². The van der Waals surface area contributed by atoms with Crippen LogP contribution in [0.4, 0.5) is 5.69 Å². The zero-order valence-electron chi connectivity index (χ0n) is 8.64. The van der Waals surface area contributed by atoms with Crippen molar-refractivity contribution in [1.29, 1.82) is 0 Å². The van der Waals surface area contributed by atoms with E-state index in [-0.39, 0.29) is 0 Å². The molecule has 2 N–H and O–H groups in total. The summed E-state index contributed by atoms with van der Waals surface area (Å²) in [5.74, 6) is 0.410. The van der Waals surface area contributed by atoms with Crippen molar-refractivity contribution in [2.75, 3.05) is 0 Å². The van der Waals surface area contributed by atoms with Crippen LogP contribution in [0.25, 0.3) is 0 Å². The number of benzene rings is 1. The van der Waals surface area contributed by atoms with Gasteiger partial charge in [-0.2, -0.15) is 0 Å². The molecule has 0 heterocycles. The van der Waals surface area contributed by atoms with E-state index in [1.54, 1.807) is 6.20 Å². The summed E-state index contributed by atoms with van der Waals surface area (Å²) >= 11 is 0. The summed E-state index contributed by atoms with van der Waals surface area (Å²) in [4.78, 5) is 4.33. The Morgan fingerprint density at radius 3 is 2.43 bits per heavy atom. The second-order valence-corrected chi connectivity index (χ2v) is 3.42. The molecule has 0 aromatic heterocycles. The Morgan fingerprint density at radius 1 is 1.29 bits per heavy atom. The van der Waals surface area contributed by atoms with E-state index in [9.17, 15) is 0 Å². The lowest BCUT2D eigenvalue weighted by Gasteiger charge is -2.03. The predicted molar refractivity (Wildman–Crippen MR) is 61.7 cm³/mol. The van der Waals surface area contributed by atoms with Gasteiger partial charge in [-0.3, -0.25) is 4.99 Å². The second-order valence-electron chi connectivity index (χ2n) is 3.42. The van der Waals surface area contributed by atoms with Gasteiger partial charge in [0.25, 0.3) is 0 Å². The van der Waals surface area contributed by atoms with Gasteiger partial charge in [-0.05, 0) is 29.8 Å². The number of rotatable bonds is 3. The van der Waals surface area contributed by atoms with Crippen LogP contribution < -0.4 is 5.73 Å². The van der Waals surface area contributed by atoms with Crippen molar-refractivity contribution in [2.45, 2.75) is 13.8 Å². The first kappa shape index (κ1) is 10.5. The number of allylic oxidation sites excluding steroid dienone is 1. The normalized spacial score (nSPS) is 12.6. The molecule has 0 aliphatic carbocycles. The van der Waals surface area contributed by atoms with Crippen molar-refractivity contribution in [2.24, 2.45) is 16.6 Å². The smallest absolute Gasteiger partial charge is 0.0629 e. The molecule has 1 aromatic rings. The molecule has 0 radical (unpaired) electrons. The Morgan fingerprint density at radius 2 is 1.93 bits per heavy atom. The minimum absolute atomic E-state index is 0.410. The summed E-state index contributed by atoms with van der Waals surface area (Å²) in [6.45, 7) is 4.19. The summed E-state index contributed by atoms with van der Waals surface area (Å²) in [6, 6.07) is 9.83. The molecular formula is C12H16N2. The molecule has 0 atom stereocenters. The van der Waals surface area contributed by atoms with E-state index in [2.05, 4.69) is 18.8 Å². The Labute approximate surface area is 85.2 Å². The molecule has 0 saturated heterocycles. The summed E-state index contributed by atoms with van der Waals surface area (Å²) in [5, 5.41) is 0. The Kier molecular flexibility index (Phi) is 3.92. The number of nitrogens with zero attached hydrogens (tertiary/aromatic N) is 1. The van der Waals surface area contributed by atoms with E-state index < -0.39 is 0 Å². The van der Waals surface area contributed by atoms with Crippen LogP contribution in [-0.2, 0) is 0 Å².